The number of ketones is 1. The summed E-state index contributed by atoms with van der Waals surface area (Å²) in [5, 5.41) is 2.91. The van der Waals surface area contributed by atoms with Crippen LogP contribution >= 0.6 is 0 Å². The Balaban J connectivity index is 2.17. The molecule has 0 aromatic heterocycles. The Morgan fingerprint density at radius 3 is 2.61 bits per heavy atom. The fraction of sp³-hybridized carbons (Fsp3) is 0.167. The molecule has 4 nitrogen and oxygen atoms in total. The number of benzene rings is 2. The van der Waals surface area contributed by atoms with Crippen LogP contribution < -0.4 is 14.8 Å². The second-order valence-corrected chi connectivity index (χ2v) is 4.87. The minimum atomic E-state index is -0.340. The third-order valence-electron chi connectivity index (χ3n) is 3.35. The highest BCUT2D eigenvalue weighted by molar-refractivity contribution is 6.07. The number of carbonyl (C=O) groups excluding carboxylic acids is 1. The molecule has 0 bridgehead atoms. The van der Waals surface area contributed by atoms with Crippen molar-refractivity contribution in [1.29, 1.82) is 0 Å². The Kier molecular flexibility index (Phi) is 5.36. The summed E-state index contributed by atoms with van der Waals surface area (Å²) in [6.45, 7) is 1.85. The maximum atomic E-state index is 13.2. The Bertz CT molecular complexity index is 741. The van der Waals surface area contributed by atoms with Crippen LogP contribution in [0.2, 0.25) is 0 Å². The van der Waals surface area contributed by atoms with Gasteiger partial charge in [-0.05, 0) is 42.8 Å². The normalized spacial score (nSPS) is 10.6. The molecule has 0 atom stereocenters. The van der Waals surface area contributed by atoms with Gasteiger partial charge < -0.3 is 14.8 Å². The van der Waals surface area contributed by atoms with E-state index in [1.165, 1.54) is 38.6 Å². The molecule has 0 saturated carbocycles. The molecule has 0 aliphatic rings. The molecule has 2 aromatic carbocycles. The summed E-state index contributed by atoms with van der Waals surface area (Å²) in [5.74, 6) is 0.438. The lowest BCUT2D eigenvalue weighted by molar-refractivity contribution is 0.104. The van der Waals surface area contributed by atoms with Crippen LogP contribution in [0.15, 0.2) is 48.7 Å². The number of halogens is 1. The number of allylic oxidation sites excluding steroid dienone is 1. The average molecular weight is 315 g/mol. The fourth-order valence-corrected chi connectivity index (χ4v) is 2.05. The van der Waals surface area contributed by atoms with Crippen LogP contribution in [0.4, 0.5) is 10.1 Å². The minimum Gasteiger partial charge on any atom is -0.497 e. The number of hydrogen-bond donors (Lipinski definition) is 1. The van der Waals surface area contributed by atoms with Crippen molar-refractivity contribution in [3.8, 4) is 11.5 Å². The maximum Gasteiger partial charge on any atom is 0.191 e. The molecule has 0 spiro atoms. The van der Waals surface area contributed by atoms with Gasteiger partial charge in [0, 0.05) is 18.0 Å². The van der Waals surface area contributed by atoms with E-state index in [4.69, 9.17) is 9.47 Å². The molecule has 23 heavy (non-hydrogen) atoms. The van der Waals surface area contributed by atoms with Crippen LogP contribution in [0.5, 0.6) is 11.5 Å². The lowest BCUT2D eigenvalue weighted by atomic mass is 10.1. The summed E-state index contributed by atoms with van der Waals surface area (Å²) in [6, 6.07) is 9.42. The second-order valence-electron chi connectivity index (χ2n) is 4.87. The maximum absolute atomic E-state index is 13.2. The van der Waals surface area contributed by atoms with E-state index in [9.17, 15) is 9.18 Å². The number of anilines is 1. The summed E-state index contributed by atoms with van der Waals surface area (Å²) in [4.78, 5) is 12.3. The Morgan fingerprint density at radius 1 is 1.13 bits per heavy atom. The number of nitrogens with one attached hydrogen (secondary N) is 1. The van der Waals surface area contributed by atoms with Gasteiger partial charge in [0.25, 0.3) is 0 Å². The molecule has 1 N–H and O–H groups in total. The molecule has 0 radical (unpaired) electrons. The average Bonchev–Trinajstić information content (AvgIpc) is 2.57. The number of rotatable bonds is 6. The van der Waals surface area contributed by atoms with Crippen LogP contribution in [-0.4, -0.2) is 20.0 Å². The molecule has 0 amide bonds. The quantitative estimate of drug-likeness (QED) is 0.647. The van der Waals surface area contributed by atoms with Gasteiger partial charge in [-0.3, -0.25) is 4.79 Å². The van der Waals surface area contributed by atoms with Crippen molar-refractivity contribution < 1.29 is 18.7 Å². The first kappa shape index (κ1) is 16.5. The molecule has 0 heterocycles. The van der Waals surface area contributed by atoms with Crippen LogP contribution in [-0.2, 0) is 0 Å². The highest BCUT2D eigenvalue weighted by Crippen LogP contribution is 2.24. The van der Waals surface area contributed by atoms with Crippen molar-refractivity contribution in [2.24, 2.45) is 0 Å². The molecule has 0 fully saturated rings. The van der Waals surface area contributed by atoms with E-state index < -0.39 is 0 Å². The Morgan fingerprint density at radius 2 is 1.91 bits per heavy atom. The first-order valence-corrected chi connectivity index (χ1v) is 7.00. The SMILES string of the molecule is COc1ccc(OC)c(C(=O)C=CNc2cc(F)ccc2C)c1. The van der Waals surface area contributed by atoms with E-state index in [0.717, 1.165) is 5.56 Å². The standard InChI is InChI=1S/C18H18FNO3/c1-12-4-5-13(19)10-16(12)20-9-8-17(21)15-11-14(22-2)6-7-18(15)23-3/h4-11,20H,1-3H3. The predicted octanol–water partition coefficient (Wildman–Crippen LogP) is 3.96. The van der Waals surface area contributed by atoms with E-state index in [1.54, 1.807) is 24.3 Å². The largest absolute Gasteiger partial charge is 0.497 e. The lowest BCUT2D eigenvalue weighted by Crippen LogP contribution is -2.01. The minimum absolute atomic E-state index is 0.248. The highest BCUT2D eigenvalue weighted by atomic mass is 19.1. The van der Waals surface area contributed by atoms with E-state index in [1.807, 2.05) is 6.92 Å². The van der Waals surface area contributed by atoms with Crippen molar-refractivity contribution in [2.75, 3.05) is 19.5 Å². The first-order chi connectivity index (χ1) is 11.0. The van der Waals surface area contributed by atoms with E-state index >= 15 is 0 Å². The summed E-state index contributed by atoms with van der Waals surface area (Å²) in [7, 11) is 3.02. The molecule has 120 valence electrons. The molecule has 2 aromatic rings. The summed E-state index contributed by atoms with van der Waals surface area (Å²) >= 11 is 0. The topological polar surface area (TPSA) is 47.6 Å². The smallest absolute Gasteiger partial charge is 0.191 e. The molecule has 2 rings (SSSR count). The molecule has 5 heteroatoms. The molecule has 0 unspecified atom stereocenters. The van der Waals surface area contributed by atoms with Gasteiger partial charge in [0.05, 0.1) is 19.8 Å². The second kappa shape index (κ2) is 7.45. The number of hydrogen-bond acceptors (Lipinski definition) is 4. The number of aryl methyl sites for hydroxylation is 1. The number of ether oxygens (including phenoxy) is 2. The van der Waals surface area contributed by atoms with Gasteiger partial charge in [0.15, 0.2) is 5.78 Å². The van der Waals surface area contributed by atoms with Gasteiger partial charge >= 0.3 is 0 Å². The molecule has 0 aliphatic heterocycles. The van der Waals surface area contributed by atoms with Gasteiger partial charge in [-0.15, -0.1) is 0 Å². The summed E-state index contributed by atoms with van der Waals surface area (Å²) in [6.07, 6.45) is 2.84. The molecular weight excluding hydrogens is 297 g/mol. The van der Waals surface area contributed by atoms with Gasteiger partial charge in [0.1, 0.15) is 17.3 Å². The predicted molar refractivity (Wildman–Crippen MR) is 87.8 cm³/mol. The van der Waals surface area contributed by atoms with Crippen molar-refractivity contribution >= 4 is 11.5 Å². The zero-order valence-electron chi connectivity index (χ0n) is 13.2. The monoisotopic (exact) mass is 315 g/mol. The van der Waals surface area contributed by atoms with Crippen molar-refractivity contribution in [3.05, 3.63) is 65.6 Å². The van der Waals surface area contributed by atoms with Crippen LogP contribution in [0.3, 0.4) is 0 Å². The van der Waals surface area contributed by atoms with Crippen molar-refractivity contribution in [2.45, 2.75) is 6.92 Å². The number of carbonyl (C=O) groups is 1. The third kappa shape index (κ3) is 4.10. The number of methoxy groups -OCH3 is 2. The van der Waals surface area contributed by atoms with Gasteiger partial charge in [-0.2, -0.15) is 0 Å². The third-order valence-corrected chi connectivity index (χ3v) is 3.35. The zero-order chi connectivity index (χ0) is 16.8. The van der Waals surface area contributed by atoms with Crippen molar-refractivity contribution in [3.63, 3.8) is 0 Å². The van der Waals surface area contributed by atoms with Crippen LogP contribution in [0.25, 0.3) is 0 Å². The van der Waals surface area contributed by atoms with E-state index in [2.05, 4.69) is 5.32 Å². The fourth-order valence-electron chi connectivity index (χ4n) is 2.05. The van der Waals surface area contributed by atoms with Gasteiger partial charge in [0.2, 0.25) is 0 Å². The Labute approximate surface area is 134 Å². The van der Waals surface area contributed by atoms with E-state index in [-0.39, 0.29) is 11.6 Å². The highest BCUT2D eigenvalue weighted by Gasteiger charge is 2.11. The molecular formula is C18H18FNO3. The molecule has 0 aliphatic carbocycles. The van der Waals surface area contributed by atoms with Gasteiger partial charge in [-0.25, -0.2) is 4.39 Å². The van der Waals surface area contributed by atoms with Crippen LogP contribution in [0.1, 0.15) is 15.9 Å². The summed E-state index contributed by atoms with van der Waals surface area (Å²) in [5.41, 5.74) is 1.87. The summed E-state index contributed by atoms with van der Waals surface area (Å²) < 4.78 is 23.5. The molecule has 0 saturated heterocycles. The first-order valence-electron chi connectivity index (χ1n) is 7.00. The Hall–Kier alpha value is -2.82. The van der Waals surface area contributed by atoms with Gasteiger partial charge in [-0.1, -0.05) is 6.07 Å². The van der Waals surface area contributed by atoms with Crippen molar-refractivity contribution in [1.82, 2.24) is 0 Å². The zero-order valence-corrected chi connectivity index (χ0v) is 13.2. The van der Waals surface area contributed by atoms with E-state index in [0.29, 0.717) is 22.7 Å². The van der Waals surface area contributed by atoms with Crippen LogP contribution in [0, 0.1) is 12.7 Å². The lowest BCUT2D eigenvalue weighted by Gasteiger charge is -2.08.